The highest BCUT2D eigenvalue weighted by molar-refractivity contribution is 7.99. The maximum absolute atomic E-state index is 5.82. The van der Waals surface area contributed by atoms with E-state index in [4.69, 9.17) is 5.73 Å². The first-order chi connectivity index (χ1) is 7.76. The Morgan fingerprint density at radius 2 is 1.94 bits per heavy atom. The molecular formula is C14H23NS. The Bertz CT molecular complexity index is 281. The second-order valence-electron chi connectivity index (χ2n) is 4.28. The van der Waals surface area contributed by atoms with Gasteiger partial charge in [-0.25, -0.2) is 0 Å². The van der Waals surface area contributed by atoms with E-state index < -0.39 is 0 Å². The van der Waals surface area contributed by atoms with Crippen LogP contribution < -0.4 is 5.73 Å². The first-order valence-electron chi connectivity index (χ1n) is 6.09. The third kappa shape index (κ3) is 5.04. The molecule has 1 rings (SSSR count). The Kier molecular flexibility index (Phi) is 6.58. The summed E-state index contributed by atoms with van der Waals surface area (Å²) < 4.78 is 0. The fourth-order valence-corrected chi connectivity index (χ4v) is 2.54. The molecule has 0 saturated carbocycles. The molecule has 0 radical (unpaired) electrons. The molecule has 0 aromatic heterocycles. The Morgan fingerprint density at radius 3 is 2.50 bits per heavy atom. The first-order valence-corrected chi connectivity index (χ1v) is 7.25. The summed E-state index contributed by atoms with van der Waals surface area (Å²) in [4.78, 5) is 0. The molecule has 1 aromatic rings. The summed E-state index contributed by atoms with van der Waals surface area (Å²) in [7, 11) is 0. The van der Waals surface area contributed by atoms with E-state index in [1.54, 1.807) is 0 Å². The molecule has 0 saturated heterocycles. The quantitative estimate of drug-likeness (QED) is 0.737. The van der Waals surface area contributed by atoms with Crippen LogP contribution in [0.2, 0.25) is 0 Å². The molecule has 0 spiro atoms. The minimum atomic E-state index is 0.641. The van der Waals surface area contributed by atoms with Crippen LogP contribution in [0.15, 0.2) is 24.3 Å². The minimum absolute atomic E-state index is 0.641. The highest BCUT2D eigenvalue weighted by Crippen LogP contribution is 2.15. The van der Waals surface area contributed by atoms with Crippen molar-refractivity contribution >= 4 is 11.8 Å². The van der Waals surface area contributed by atoms with Gasteiger partial charge in [-0.1, -0.05) is 36.8 Å². The van der Waals surface area contributed by atoms with Gasteiger partial charge in [0.1, 0.15) is 0 Å². The van der Waals surface area contributed by atoms with Crippen LogP contribution in [0.4, 0.5) is 0 Å². The molecule has 1 nitrogen and oxygen atoms in total. The van der Waals surface area contributed by atoms with E-state index >= 15 is 0 Å². The van der Waals surface area contributed by atoms with Gasteiger partial charge in [-0.05, 0) is 49.3 Å². The number of benzene rings is 1. The zero-order valence-corrected chi connectivity index (χ0v) is 11.2. The number of nitrogens with two attached hydrogens (primary N) is 1. The van der Waals surface area contributed by atoms with Crippen molar-refractivity contribution in [3.8, 4) is 0 Å². The van der Waals surface area contributed by atoms with E-state index in [9.17, 15) is 0 Å². The van der Waals surface area contributed by atoms with Crippen LogP contribution in [0.1, 0.15) is 24.5 Å². The second kappa shape index (κ2) is 7.75. The maximum Gasteiger partial charge on any atom is -0.00454 e. The second-order valence-corrected chi connectivity index (χ2v) is 5.67. The Hall–Kier alpha value is -0.470. The number of thioether (sulfide) groups is 1. The monoisotopic (exact) mass is 237 g/mol. The largest absolute Gasteiger partial charge is 0.330 e. The van der Waals surface area contributed by atoms with Crippen LogP contribution in [0.3, 0.4) is 0 Å². The van der Waals surface area contributed by atoms with Gasteiger partial charge in [-0.15, -0.1) is 0 Å². The van der Waals surface area contributed by atoms with E-state index in [-0.39, 0.29) is 0 Å². The standard InChI is InChI=1S/C14H23NS/c1-3-16-9-8-14(11-15)10-13-6-4-12(2)5-7-13/h4-7,14H,3,8-11,15H2,1-2H3. The third-order valence-electron chi connectivity index (χ3n) is 2.85. The number of rotatable bonds is 7. The van der Waals surface area contributed by atoms with Gasteiger partial charge in [0.05, 0.1) is 0 Å². The van der Waals surface area contributed by atoms with Gasteiger partial charge >= 0.3 is 0 Å². The Labute approximate surface area is 104 Å². The van der Waals surface area contributed by atoms with Crippen LogP contribution >= 0.6 is 11.8 Å². The van der Waals surface area contributed by atoms with E-state index in [0.717, 1.165) is 13.0 Å². The zero-order chi connectivity index (χ0) is 11.8. The molecule has 16 heavy (non-hydrogen) atoms. The normalized spacial score (nSPS) is 12.7. The van der Waals surface area contributed by atoms with Gasteiger partial charge in [0, 0.05) is 0 Å². The third-order valence-corrected chi connectivity index (χ3v) is 3.79. The summed E-state index contributed by atoms with van der Waals surface area (Å²) in [6, 6.07) is 8.82. The molecule has 0 amide bonds. The van der Waals surface area contributed by atoms with Crippen LogP contribution in [0.25, 0.3) is 0 Å². The van der Waals surface area contributed by atoms with Crippen molar-refractivity contribution in [2.45, 2.75) is 26.7 Å². The summed E-state index contributed by atoms with van der Waals surface area (Å²) in [6.45, 7) is 5.14. The summed E-state index contributed by atoms with van der Waals surface area (Å²) in [6.07, 6.45) is 2.37. The average molecular weight is 237 g/mol. The molecule has 0 aliphatic rings. The summed E-state index contributed by atoms with van der Waals surface area (Å²) in [5.41, 5.74) is 8.57. The maximum atomic E-state index is 5.82. The first kappa shape index (κ1) is 13.6. The highest BCUT2D eigenvalue weighted by Gasteiger charge is 2.07. The van der Waals surface area contributed by atoms with Gasteiger partial charge < -0.3 is 5.73 Å². The zero-order valence-electron chi connectivity index (χ0n) is 10.4. The van der Waals surface area contributed by atoms with Crippen molar-refractivity contribution in [3.63, 3.8) is 0 Å². The molecule has 0 bridgehead atoms. The smallest absolute Gasteiger partial charge is 0.00454 e. The van der Waals surface area contributed by atoms with E-state index in [1.807, 2.05) is 11.8 Å². The predicted molar refractivity (Wildman–Crippen MR) is 75.0 cm³/mol. The Balaban J connectivity index is 2.40. The fourth-order valence-electron chi connectivity index (χ4n) is 1.76. The topological polar surface area (TPSA) is 26.0 Å². The van der Waals surface area contributed by atoms with E-state index in [2.05, 4.69) is 38.1 Å². The lowest BCUT2D eigenvalue weighted by molar-refractivity contribution is 0.523. The van der Waals surface area contributed by atoms with Crippen molar-refractivity contribution in [3.05, 3.63) is 35.4 Å². The minimum Gasteiger partial charge on any atom is -0.330 e. The molecule has 0 heterocycles. The average Bonchev–Trinajstić information content (AvgIpc) is 2.31. The van der Waals surface area contributed by atoms with Crippen LogP contribution in [-0.4, -0.2) is 18.1 Å². The number of hydrogen-bond acceptors (Lipinski definition) is 2. The number of hydrogen-bond donors (Lipinski definition) is 1. The fraction of sp³-hybridized carbons (Fsp3) is 0.571. The highest BCUT2D eigenvalue weighted by atomic mass is 32.2. The molecule has 0 aliphatic carbocycles. The molecular weight excluding hydrogens is 214 g/mol. The van der Waals surface area contributed by atoms with Crippen molar-refractivity contribution in [2.24, 2.45) is 11.7 Å². The Morgan fingerprint density at radius 1 is 1.25 bits per heavy atom. The van der Waals surface area contributed by atoms with E-state index in [1.165, 1.54) is 29.1 Å². The predicted octanol–water partition coefficient (Wildman–Crippen LogP) is 3.26. The lowest BCUT2D eigenvalue weighted by atomic mass is 9.96. The van der Waals surface area contributed by atoms with Crippen LogP contribution in [-0.2, 0) is 6.42 Å². The SMILES string of the molecule is CCSCCC(CN)Cc1ccc(C)cc1. The van der Waals surface area contributed by atoms with Crippen molar-refractivity contribution in [1.29, 1.82) is 0 Å². The van der Waals surface area contributed by atoms with Crippen molar-refractivity contribution in [2.75, 3.05) is 18.1 Å². The van der Waals surface area contributed by atoms with Gasteiger partial charge in [0.25, 0.3) is 0 Å². The van der Waals surface area contributed by atoms with Crippen LogP contribution in [0.5, 0.6) is 0 Å². The van der Waals surface area contributed by atoms with Gasteiger partial charge in [-0.3, -0.25) is 0 Å². The molecule has 1 aromatic carbocycles. The van der Waals surface area contributed by atoms with E-state index in [0.29, 0.717) is 5.92 Å². The van der Waals surface area contributed by atoms with Crippen molar-refractivity contribution in [1.82, 2.24) is 0 Å². The number of aryl methyl sites for hydroxylation is 1. The van der Waals surface area contributed by atoms with Gasteiger partial charge in [0.15, 0.2) is 0 Å². The molecule has 1 unspecified atom stereocenters. The molecule has 1 atom stereocenters. The van der Waals surface area contributed by atoms with Gasteiger partial charge in [-0.2, -0.15) is 11.8 Å². The van der Waals surface area contributed by atoms with Crippen LogP contribution in [0, 0.1) is 12.8 Å². The summed E-state index contributed by atoms with van der Waals surface area (Å²) in [5.74, 6) is 3.09. The lowest BCUT2D eigenvalue weighted by Gasteiger charge is -2.14. The van der Waals surface area contributed by atoms with Gasteiger partial charge in [0.2, 0.25) is 0 Å². The molecule has 2 N–H and O–H groups in total. The molecule has 2 heteroatoms. The molecule has 0 fully saturated rings. The summed E-state index contributed by atoms with van der Waals surface area (Å²) in [5, 5.41) is 0. The molecule has 0 aliphatic heterocycles. The molecule has 90 valence electrons. The van der Waals surface area contributed by atoms with Crippen molar-refractivity contribution < 1.29 is 0 Å². The lowest BCUT2D eigenvalue weighted by Crippen LogP contribution is -2.17. The summed E-state index contributed by atoms with van der Waals surface area (Å²) >= 11 is 2.01.